The SMILES string of the molecule is CCCCC(NCC1=CN=C(c2ccccc2)c2ccccc2N1)c1ccccc1. The van der Waals surface area contributed by atoms with Crippen LogP contribution in [0, 0.1) is 0 Å². The van der Waals surface area contributed by atoms with Gasteiger partial charge in [0.15, 0.2) is 0 Å². The van der Waals surface area contributed by atoms with E-state index >= 15 is 0 Å². The van der Waals surface area contributed by atoms with Crippen molar-refractivity contribution >= 4 is 11.4 Å². The maximum Gasteiger partial charge on any atom is 0.0795 e. The molecule has 2 N–H and O–H groups in total. The number of hydrogen-bond donors (Lipinski definition) is 2. The van der Waals surface area contributed by atoms with Crippen LogP contribution in [0.4, 0.5) is 5.69 Å². The summed E-state index contributed by atoms with van der Waals surface area (Å²) in [5.41, 5.74) is 6.76. The summed E-state index contributed by atoms with van der Waals surface area (Å²) in [6.45, 7) is 2.98. The molecule has 4 rings (SSSR count). The van der Waals surface area contributed by atoms with Crippen LogP contribution in [0.5, 0.6) is 0 Å². The van der Waals surface area contributed by atoms with E-state index in [1.807, 2.05) is 12.3 Å². The molecule has 1 atom stereocenters. The third-order valence-electron chi connectivity index (χ3n) is 5.46. The van der Waals surface area contributed by atoms with Gasteiger partial charge in [-0.3, -0.25) is 4.99 Å². The zero-order valence-corrected chi connectivity index (χ0v) is 17.5. The molecule has 1 unspecified atom stereocenters. The van der Waals surface area contributed by atoms with Gasteiger partial charge in [-0.05, 0) is 18.1 Å². The van der Waals surface area contributed by atoms with Crippen molar-refractivity contribution in [1.29, 1.82) is 0 Å². The molecule has 3 aromatic carbocycles. The van der Waals surface area contributed by atoms with Crippen LogP contribution in [0.3, 0.4) is 0 Å². The van der Waals surface area contributed by atoms with Crippen LogP contribution in [0.15, 0.2) is 102 Å². The van der Waals surface area contributed by atoms with Gasteiger partial charge in [-0.1, -0.05) is 98.6 Å². The van der Waals surface area contributed by atoms with E-state index in [1.165, 1.54) is 18.4 Å². The van der Waals surface area contributed by atoms with Gasteiger partial charge in [0.05, 0.1) is 5.71 Å². The molecule has 152 valence electrons. The average molecular weight is 396 g/mol. The van der Waals surface area contributed by atoms with Crippen LogP contribution in [0.1, 0.15) is 48.9 Å². The van der Waals surface area contributed by atoms with Gasteiger partial charge in [0.2, 0.25) is 0 Å². The Balaban J connectivity index is 1.57. The van der Waals surface area contributed by atoms with Crippen molar-refractivity contribution in [2.75, 3.05) is 11.9 Å². The number of nitrogens with zero attached hydrogens (tertiary/aromatic N) is 1. The molecular weight excluding hydrogens is 366 g/mol. The van der Waals surface area contributed by atoms with E-state index < -0.39 is 0 Å². The summed E-state index contributed by atoms with van der Waals surface area (Å²) < 4.78 is 0. The first-order valence-corrected chi connectivity index (χ1v) is 10.8. The van der Waals surface area contributed by atoms with Crippen LogP contribution in [-0.4, -0.2) is 12.3 Å². The van der Waals surface area contributed by atoms with E-state index in [-0.39, 0.29) is 0 Å². The van der Waals surface area contributed by atoms with Gasteiger partial charge in [0.1, 0.15) is 0 Å². The van der Waals surface area contributed by atoms with Crippen LogP contribution < -0.4 is 10.6 Å². The average Bonchev–Trinajstić information content (AvgIpc) is 3.00. The highest BCUT2D eigenvalue weighted by atomic mass is 15.0. The molecule has 3 nitrogen and oxygen atoms in total. The molecule has 0 fully saturated rings. The lowest BCUT2D eigenvalue weighted by Crippen LogP contribution is -2.26. The topological polar surface area (TPSA) is 36.4 Å². The zero-order valence-electron chi connectivity index (χ0n) is 17.5. The van der Waals surface area contributed by atoms with E-state index in [0.717, 1.165) is 41.2 Å². The number of nitrogens with one attached hydrogen (secondary N) is 2. The number of para-hydroxylation sites is 1. The number of fused-ring (bicyclic) bond motifs is 1. The van der Waals surface area contributed by atoms with Gasteiger partial charge >= 0.3 is 0 Å². The molecule has 0 saturated heterocycles. The minimum Gasteiger partial charge on any atom is -0.356 e. The molecule has 0 aromatic heterocycles. The number of rotatable bonds is 8. The molecule has 0 radical (unpaired) electrons. The fourth-order valence-corrected chi connectivity index (χ4v) is 3.85. The van der Waals surface area contributed by atoms with Crippen molar-refractivity contribution in [2.45, 2.75) is 32.2 Å². The lowest BCUT2D eigenvalue weighted by atomic mass is 10.0. The summed E-state index contributed by atoms with van der Waals surface area (Å²) in [5.74, 6) is 0. The van der Waals surface area contributed by atoms with Crippen LogP contribution in [0.25, 0.3) is 0 Å². The summed E-state index contributed by atoms with van der Waals surface area (Å²) >= 11 is 0. The van der Waals surface area contributed by atoms with E-state index in [2.05, 4.69) is 96.4 Å². The Morgan fingerprint density at radius 2 is 1.57 bits per heavy atom. The summed E-state index contributed by atoms with van der Waals surface area (Å²) in [6, 6.07) is 29.8. The third kappa shape index (κ3) is 4.87. The molecule has 1 aliphatic rings. The molecule has 30 heavy (non-hydrogen) atoms. The maximum absolute atomic E-state index is 4.88. The predicted octanol–water partition coefficient (Wildman–Crippen LogP) is 6.31. The Morgan fingerprint density at radius 1 is 0.867 bits per heavy atom. The number of aliphatic imine (C=N–C) groups is 1. The van der Waals surface area contributed by atoms with Crippen LogP contribution in [-0.2, 0) is 0 Å². The third-order valence-corrected chi connectivity index (χ3v) is 5.46. The molecule has 1 heterocycles. The molecule has 1 aliphatic heterocycles. The van der Waals surface area contributed by atoms with Gasteiger partial charge in [-0.2, -0.15) is 0 Å². The molecule has 0 spiro atoms. The Hall–Kier alpha value is -3.17. The molecular formula is C27H29N3. The minimum absolute atomic E-state index is 0.338. The molecule has 0 amide bonds. The summed E-state index contributed by atoms with van der Waals surface area (Å²) in [7, 11) is 0. The first-order chi connectivity index (χ1) is 14.8. The van der Waals surface area contributed by atoms with E-state index in [9.17, 15) is 0 Å². The predicted molar refractivity (Wildman–Crippen MR) is 127 cm³/mol. The Labute approximate surface area is 179 Å². The second kappa shape index (κ2) is 10.0. The summed E-state index contributed by atoms with van der Waals surface area (Å²) in [4.78, 5) is 4.88. The van der Waals surface area contributed by atoms with E-state index in [1.54, 1.807) is 0 Å². The fourth-order valence-electron chi connectivity index (χ4n) is 3.85. The van der Waals surface area contributed by atoms with Crippen LogP contribution >= 0.6 is 0 Å². The van der Waals surface area contributed by atoms with Crippen molar-refractivity contribution in [3.05, 3.63) is 114 Å². The number of benzene rings is 3. The van der Waals surface area contributed by atoms with Crippen molar-refractivity contribution in [3.63, 3.8) is 0 Å². The molecule has 0 aliphatic carbocycles. The van der Waals surface area contributed by atoms with Gasteiger partial charge < -0.3 is 10.6 Å². The van der Waals surface area contributed by atoms with Gasteiger partial charge in [-0.25, -0.2) is 0 Å². The lowest BCUT2D eigenvalue weighted by molar-refractivity contribution is 0.500. The lowest BCUT2D eigenvalue weighted by Gasteiger charge is -2.20. The number of anilines is 1. The molecule has 0 bridgehead atoms. The second-order valence-electron chi connectivity index (χ2n) is 7.66. The van der Waals surface area contributed by atoms with E-state index in [0.29, 0.717) is 6.04 Å². The Bertz CT molecular complexity index is 1010. The summed E-state index contributed by atoms with van der Waals surface area (Å²) in [5, 5.41) is 7.36. The van der Waals surface area contributed by atoms with Crippen molar-refractivity contribution < 1.29 is 0 Å². The van der Waals surface area contributed by atoms with Crippen molar-refractivity contribution in [1.82, 2.24) is 5.32 Å². The molecule has 3 aromatic rings. The molecule has 3 heteroatoms. The largest absolute Gasteiger partial charge is 0.356 e. The van der Waals surface area contributed by atoms with Crippen molar-refractivity contribution in [3.8, 4) is 0 Å². The first-order valence-electron chi connectivity index (χ1n) is 10.8. The van der Waals surface area contributed by atoms with Gasteiger partial charge in [0, 0.05) is 41.3 Å². The number of unbranched alkanes of at least 4 members (excludes halogenated alkanes) is 1. The standard InChI is InChI=1S/C27H29N3/c1-2-3-17-25(21-12-6-4-7-13-21)28-19-23-20-29-27(22-14-8-5-9-15-22)24-16-10-11-18-26(24)30-23/h4-16,18,20,25,28,30H,2-3,17,19H2,1H3. The Kier molecular flexibility index (Phi) is 6.73. The minimum atomic E-state index is 0.338. The normalized spacial score (nSPS) is 14.0. The first kappa shape index (κ1) is 20.1. The highest BCUT2D eigenvalue weighted by Crippen LogP contribution is 2.25. The highest BCUT2D eigenvalue weighted by Gasteiger charge is 2.16. The highest BCUT2D eigenvalue weighted by molar-refractivity contribution is 6.16. The maximum atomic E-state index is 4.88. The molecule has 0 saturated carbocycles. The van der Waals surface area contributed by atoms with Gasteiger partial charge in [0.25, 0.3) is 0 Å². The van der Waals surface area contributed by atoms with Gasteiger partial charge in [-0.15, -0.1) is 0 Å². The zero-order chi connectivity index (χ0) is 20.6. The number of hydrogen-bond acceptors (Lipinski definition) is 3. The monoisotopic (exact) mass is 395 g/mol. The second-order valence-corrected chi connectivity index (χ2v) is 7.66. The fraction of sp³-hybridized carbons (Fsp3) is 0.222. The quantitative estimate of drug-likeness (QED) is 0.469. The van der Waals surface area contributed by atoms with E-state index in [4.69, 9.17) is 4.99 Å². The smallest absolute Gasteiger partial charge is 0.0795 e. The van der Waals surface area contributed by atoms with Crippen molar-refractivity contribution in [2.24, 2.45) is 4.99 Å². The summed E-state index contributed by atoms with van der Waals surface area (Å²) in [6.07, 6.45) is 5.50. The van der Waals surface area contributed by atoms with Crippen LogP contribution in [0.2, 0.25) is 0 Å². The Morgan fingerprint density at radius 3 is 2.33 bits per heavy atom.